The van der Waals surface area contributed by atoms with Crippen LogP contribution >= 0.6 is 0 Å². The number of carbonyl (C=O) groups excluding carboxylic acids is 1. The molecule has 3 rings (SSSR count). The van der Waals surface area contributed by atoms with Gasteiger partial charge in [-0.05, 0) is 37.1 Å². The summed E-state index contributed by atoms with van der Waals surface area (Å²) in [6, 6.07) is 13.4. The van der Waals surface area contributed by atoms with E-state index in [9.17, 15) is 14.9 Å². The molecule has 8 heteroatoms. The molecular formula is C21H23N5O3. The van der Waals surface area contributed by atoms with Crippen LogP contribution < -0.4 is 10.6 Å². The zero-order valence-corrected chi connectivity index (χ0v) is 16.1. The summed E-state index contributed by atoms with van der Waals surface area (Å²) in [5.41, 5.74) is 1.62. The lowest BCUT2D eigenvalue weighted by Crippen LogP contribution is -2.34. The fraction of sp³-hybridized carbons (Fsp3) is 0.238. The number of nitro benzene ring substituents is 1. The van der Waals surface area contributed by atoms with E-state index in [0.29, 0.717) is 6.54 Å². The van der Waals surface area contributed by atoms with Crippen LogP contribution in [0.25, 0.3) is 0 Å². The van der Waals surface area contributed by atoms with Crippen molar-refractivity contribution in [2.24, 2.45) is 0 Å². The van der Waals surface area contributed by atoms with Crippen molar-refractivity contribution >= 4 is 17.3 Å². The van der Waals surface area contributed by atoms with Crippen molar-refractivity contribution in [3.05, 3.63) is 88.5 Å². The Morgan fingerprint density at radius 2 is 2.03 bits per heavy atom. The second kappa shape index (κ2) is 9.61. The monoisotopic (exact) mass is 393 g/mol. The van der Waals surface area contributed by atoms with Gasteiger partial charge < -0.3 is 15.2 Å². The van der Waals surface area contributed by atoms with Crippen LogP contribution in [0.4, 0.5) is 11.4 Å². The smallest absolute Gasteiger partial charge is 0.293 e. The summed E-state index contributed by atoms with van der Waals surface area (Å²) >= 11 is 0. The normalized spacial score (nSPS) is 11.8. The van der Waals surface area contributed by atoms with Crippen LogP contribution in [-0.2, 0) is 11.3 Å². The Morgan fingerprint density at radius 3 is 2.72 bits per heavy atom. The number of anilines is 1. The maximum atomic E-state index is 13.0. The van der Waals surface area contributed by atoms with Gasteiger partial charge in [-0.3, -0.25) is 14.9 Å². The first-order valence-electron chi connectivity index (χ1n) is 9.34. The average Bonchev–Trinajstić information content (AvgIpc) is 3.23. The number of benzene rings is 2. The van der Waals surface area contributed by atoms with Crippen LogP contribution in [0.2, 0.25) is 0 Å². The van der Waals surface area contributed by atoms with Crippen molar-refractivity contribution in [2.75, 3.05) is 11.9 Å². The standard InChI is InChI=1S/C21H23N5O3/c1-16-8-9-18(19(14-16)26(28)29)24-21(27)20(17-6-3-2-4-7-17)23-10-5-12-25-13-11-22-15-25/h2-4,6-9,11,13-15,20,23H,5,10,12H2,1H3,(H,24,27)/t20-/m1/s1. The van der Waals surface area contributed by atoms with E-state index in [0.717, 1.165) is 24.1 Å². The second-order valence-electron chi connectivity index (χ2n) is 6.72. The number of rotatable bonds is 9. The average molecular weight is 393 g/mol. The number of nitrogens with zero attached hydrogens (tertiary/aromatic N) is 3. The summed E-state index contributed by atoms with van der Waals surface area (Å²) in [5.74, 6) is -0.342. The Hall–Kier alpha value is -3.52. The molecule has 0 aliphatic rings. The summed E-state index contributed by atoms with van der Waals surface area (Å²) < 4.78 is 1.97. The van der Waals surface area contributed by atoms with Crippen molar-refractivity contribution < 1.29 is 9.72 Å². The highest BCUT2D eigenvalue weighted by atomic mass is 16.6. The van der Waals surface area contributed by atoms with Crippen LogP contribution in [-0.4, -0.2) is 26.9 Å². The number of nitrogens with one attached hydrogen (secondary N) is 2. The highest BCUT2D eigenvalue weighted by Crippen LogP contribution is 2.26. The Kier molecular flexibility index (Phi) is 6.70. The fourth-order valence-corrected chi connectivity index (χ4v) is 3.04. The van der Waals surface area contributed by atoms with Crippen LogP contribution in [0, 0.1) is 17.0 Å². The zero-order valence-electron chi connectivity index (χ0n) is 16.1. The highest BCUT2D eigenvalue weighted by molar-refractivity contribution is 5.97. The number of nitro groups is 1. The molecule has 3 aromatic rings. The lowest BCUT2D eigenvalue weighted by molar-refractivity contribution is -0.384. The molecule has 150 valence electrons. The van der Waals surface area contributed by atoms with Gasteiger partial charge in [-0.2, -0.15) is 0 Å². The fourth-order valence-electron chi connectivity index (χ4n) is 3.04. The van der Waals surface area contributed by atoms with E-state index in [2.05, 4.69) is 15.6 Å². The van der Waals surface area contributed by atoms with Gasteiger partial charge >= 0.3 is 0 Å². The zero-order chi connectivity index (χ0) is 20.6. The topological polar surface area (TPSA) is 102 Å². The van der Waals surface area contributed by atoms with Crippen LogP contribution in [0.5, 0.6) is 0 Å². The molecular weight excluding hydrogens is 370 g/mol. The number of aryl methyl sites for hydroxylation is 2. The van der Waals surface area contributed by atoms with E-state index < -0.39 is 11.0 Å². The third-order valence-corrected chi connectivity index (χ3v) is 4.50. The van der Waals surface area contributed by atoms with E-state index in [4.69, 9.17) is 0 Å². The number of aromatic nitrogens is 2. The van der Waals surface area contributed by atoms with Crippen molar-refractivity contribution in [1.82, 2.24) is 14.9 Å². The van der Waals surface area contributed by atoms with Gasteiger partial charge in [-0.25, -0.2) is 4.98 Å². The van der Waals surface area contributed by atoms with Crippen LogP contribution in [0.1, 0.15) is 23.6 Å². The molecule has 0 saturated heterocycles. The molecule has 8 nitrogen and oxygen atoms in total. The van der Waals surface area contributed by atoms with Gasteiger partial charge in [-0.15, -0.1) is 0 Å². The van der Waals surface area contributed by atoms with Gasteiger partial charge in [0, 0.05) is 25.0 Å². The van der Waals surface area contributed by atoms with E-state index >= 15 is 0 Å². The van der Waals surface area contributed by atoms with Crippen molar-refractivity contribution in [2.45, 2.75) is 25.9 Å². The van der Waals surface area contributed by atoms with Gasteiger partial charge in [0.2, 0.25) is 5.91 Å². The Balaban J connectivity index is 1.72. The number of amides is 1. The van der Waals surface area contributed by atoms with Gasteiger partial charge in [-0.1, -0.05) is 36.4 Å². The molecule has 1 aromatic heterocycles. The molecule has 1 heterocycles. The first-order chi connectivity index (χ1) is 14.0. The summed E-state index contributed by atoms with van der Waals surface area (Å²) in [6.07, 6.45) is 6.16. The Morgan fingerprint density at radius 1 is 1.24 bits per heavy atom. The minimum atomic E-state index is -0.625. The van der Waals surface area contributed by atoms with Gasteiger partial charge in [0.25, 0.3) is 5.69 Å². The third kappa shape index (κ3) is 5.49. The Bertz CT molecular complexity index is 958. The molecule has 2 N–H and O–H groups in total. The second-order valence-corrected chi connectivity index (χ2v) is 6.72. The maximum Gasteiger partial charge on any atom is 0.293 e. The predicted octanol–water partition coefficient (Wildman–Crippen LogP) is 3.46. The molecule has 0 aliphatic carbocycles. The van der Waals surface area contributed by atoms with Crippen LogP contribution in [0.15, 0.2) is 67.3 Å². The molecule has 0 spiro atoms. The molecule has 29 heavy (non-hydrogen) atoms. The largest absolute Gasteiger partial charge is 0.337 e. The molecule has 0 saturated carbocycles. The minimum Gasteiger partial charge on any atom is -0.337 e. The summed E-state index contributed by atoms with van der Waals surface area (Å²) in [6.45, 7) is 3.15. The summed E-state index contributed by atoms with van der Waals surface area (Å²) in [5, 5.41) is 17.3. The molecule has 1 amide bonds. The van der Waals surface area contributed by atoms with E-state index in [1.165, 1.54) is 6.07 Å². The SMILES string of the molecule is Cc1ccc(NC(=O)[C@H](NCCCn2ccnc2)c2ccccc2)c([N+](=O)[O-])c1. The van der Waals surface area contributed by atoms with Gasteiger partial charge in [0.05, 0.1) is 11.3 Å². The van der Waals surface area contributed by atoms with Crippen molar-refractivity contribution in [1.29, 1.82) is 0 Å². The summed E-state index contributed by atoms with van der Waals surface area (Å²) in [7, 11) is 0. The van der Waals surface area contributed by atoms with Crippen molar-refractivity contribution in [3.8, 4) is 0 Å². The van der Waals surface area contributed by atoms with Gasteiger partial charge in [0.15, 0.2) is 0 Å². The number of hydrogen-bond acceptors (Lipinski definition) is 5. The number of hydrogen-bond donors (Lipinski definition) is 2. The third-order valence-electron chi connectivity index (χ3n) is 4.50. The predicted molar refractivity (Wildman–Crippen MR) is 110 cm³/mol. The van der Waals surface area contributed by atoms with E-state index in [1.807, 2.05) is 41.1 Å². The Labute approximate surface area is 168 Å². The first kappa shape index (κ1) is 20.2. The van der Waals surface area contributed by atoms with E-state index in [1.54, 1.807) is 31.6 Å². The first-order valence-corrected chi connectivity index (χ1v) is 9.34. The number of carbonyl (C=O) groups is 1. The van der Waals surface area contributed by atoms with E-state index in [-0.39, 0.29) is 17.3 Å². The molecule has 1 atom stereocenters. The molecule has 0 radical (unpaired) electrons. The molecule has 0 bridgehead atoms. The lowest BCUT2D eigenvalue weighted by Gasteiger charge is -2.19. The molecule has 0 fully saturated rings. The molecule has 0 unspecified atom stereocenters. The van der Waals surface area contributed by atoms with Crippen molar-refractivity contribution in [3.63, 3.8) is 0 Å². The minimum absolute atomic E-state index is 0.120. The molecule has 2 aromatic carbocycles. The summed E-state index contributed by atoms with van der Waals surface area (Å²) in [4.78, 5) is 27.9. The van der Waals surface area contributed by atoms with Crippen LogP contribution in [0.3, 0.4) is 0 Å². The maximum absolute atomic E-state index is 13.0. The highest BCUT2D eigenvalue weighted by Gasteiger charge is 2.23. The lowest BCUT2D eigenvalue weighted by atomic mass is 10.1. The quantitative estimate of drug-likeness (QED) is 0.329. The molecule has 0 aliphatic heterocycles. The van der Waals surface area contributed by atoms with Gasteiger partial charge in [0.1, 0.15) is 11.7 Å². The number of imidazole rings is 1.